The van der Waals surface area contributed by atoms with Gasteiger partial charge in [-0.15, -0.1) is 0 Å². The topological polar surface area (TPSA) is 83.5 Å². The molecule has 0 aliphatic carbocycles. The van der Waals surface area contributed by atoms with Crippen LogP contribution in [0, 0.1) is 0 Å². The Morgan fingerprint density at radius 2 is 1.39 bits per heavy atom. The molecule has 0 fully saturated rings. The van der Waals surface area contributed by atoms with Crippen molar-refractivity contribution in [3.63, 3.8) is 0 Å². The number of hydrogen-bond acceptors (Lipinski definition) is 3. The van der Waals surface area contributed by atoms with Crippen molar-refractivity contribution >= 4 is 21.7 Å². The van der Waals surface area contributed by atoms with Crippen molar-refractivity contribution in [1.82, 2.24) is 0 Å². The van der Waals surface area contributed by atoms with Gasteiger partial charge in [-0.1, -0.05) is 69.3 Å². The normalized spacial score (nSPS) is 11.8. The summed E-state index contributed by atoms with van der Waals surface area (Å²) in [6.45, 7) is 6.23. The monoisotopic (exact) mass is 437 g/mol. The number of benzene rings is 3. The SMILES string of the molecule is CC(C)(C)c1ccc(S(=O)(=O)Nc2ccccc2CCc2ccccc2C(=O)O)cc1. The van der Waals surface area contributed by atoms with Gasteiger partial charge in [0.1, 0.15) is 0 Å². The number of aryl methyl sites for hydroxylation is 2. The first-order chi connectivity index (χ1) is 14.6. The van der Waals surface area contributed by atoms with E-state index in [9.17, 15) is 18.3 Å². The average molecular weight is 438 g/mol. The maximum Gasteiger partial charge on any atom is 0.335 e. The fourth-order valence-electron chi connectivity index (χ4n) is 3.39. The van der Waals surface area contributed by atoms with Gasteiger partial charge in [0.05, 0.1) is 16.1 Å². The number of rotatable bonds is 7. The predicted molar refractivity (Wildman–Crippen MR) is 123 cm³/mol. The Bertz CT molecular complexity index is 1180. The first-order valence-electron chi connectivity index (χ1n) is 10.1. The third kappa shape index (κ3) is 5.52. The van der Waals surface area contributed by atoms with Crippen LogP contribution in [0.25, 0.3) is 0 Å². The minimum absolute atomic E-state index is 0.0609. The molecule has 0 heterocycles. The summed E-state index contributed by atoms with van der Waals surface area (Å²) in [7, 11) is -3.75. The second-order valence-electron chi connectivity index (χ2n) is 8.50. The fourth-order valence-corrected chi connectivity index (χ4v) is 4.49. The van der Waals surface area contributed by atoms with E-state index in [4.69, 9.17) is 0 Å². The minimum atomic E-state index is -3.75. The molecular formula is C25H27NO4S. The zero-order valence-electron chi connectivity index (χ0n) is 17.9. The zero-order valence-corrected chi connectivity index (χ0v) is 18.7. The molecule has 31 heavy (non-hydrogen) atoms. The third-order valence-electron chi connectivity index (χ3n) is 5.20. The Labute approximate surface area is 183 Å². The van der Waals surface area contributed by atoms with Crippen molar-refractivity contribution in [1.29, 1.82) is 0 Å². The number of carboxylic acid groups (broad SMARTS) is 1. The number of sulfonamides is 1. The number of para-hydroxylation sites is 1. The number of aromatic carboxylic acids is 1. The molecule has 0 aliphatic heterocycles. The summed E-state index contributed by atoms with van der Waals surface area (Å²) in [6, 6.07) is 21.0. The summed E-state index contributed by atoms with van der Waals surface area (Å²) in [5.41, 5.74) is 3.27. The molecule has 6 heteroatoms. The largest absolute Gasteiger partial charge is 0.478 e. The maximum absolute atomic E-state index is 12.9. The van der Waals surface area contributed by atoms with E-state index in [1.54, 1.807) is 48.5 Å². The molecule has 162 valence electrons. The quantitative estimate of drug-likeness (QED) is 0.528. The first kappa shape index (κ1) is 22.6. The van der Waals surface area contributed by atoms with E-state index >= 15 is 0 Å². The van der Waals surface area contributed by atoms with Gasteiger partial charge in [0.15, 0.2) is 0 Å². The lowest BCUT2D eigenvalue weighted by Crippen LogP contribution is -2.16. The van der Waals surface area contributed by atoms with Crippen LogP contribution in [-0.4, -0.2) is 19.5 Å². The summed E-state index contributed by atoms with van der Waals surface area (Å²) >= 11 is 0. The number of carbonyl (C=O) groups is 1. The van der Waals surface area contributed by atoms with E-state index in [2.05, 4.69) is 25.5 Å². The summed E-state index contributed by atoms with van der Waals surface area (Å²) in [5.74, 6) is -0.969. The van der Waals surface area contributed by atoms with Gasteiger partial charge in [-0.3, -0.25) is 4.72 Å². The Balaban J connectivity index is 1.81. The molecule has 0 aromatic heterocycles. The Morgan fingerprint density at radius 3 is 2.00 bits per heavy atom. The van der Waals surface area contributed by atoms with E-state index in [0.717, 1.165) is 11.1 Å². The van der Waals surface area contributed by atoms with Crippen LogP contribution in [0.2, 0.25) is 0 Å². The first-order valence-corrected chi connectivity index (χ1v) is 11.6. The van der Waals surface area contributed by atoms with Crippen molar-refractivity contribution in [2.24, 2.45) is 0 Å². The van der Waals surface area contributed by atoms with Gasteiger partial charge in [-0.2, -0.15) is 0 Å². The second-order valence-corrected chi connectivity index (χ2v) is 10.2. The van der Waals surface area contributed by atoms with Crippen LogP contribution in [0.4, 0.5) is 5.69 Å². The van der Waals surface area contributed by atoms with Gasteiger partial charge in [-0.25, -0.2) is 13.2 Å². The average Bonchev–Trinajstić information content (AvgIpc) is 2.72. The smallest absolute Gasteiger partial charge is 0.335 e. The van der Waals surface area contributed by atoms with Crippen LogP contribution >= 0.6 is 0 Å². The van der Waals surface area contributed by atoms with E-state index in [0.29, 0.717) is 24.1 Å². The van der Waals surface area contributed by atoms with Crippen LogP contribution in [0.15, 0.2) is 77.7 Å². The van der Waals surface area contributed by atoms with Gasteiger partial charge in [0.2, 0.25) is 0 Å². The van der Waals surface area contributed by atoms with Crippen LogP contribution < -0.4 is 4.72 Å². The fraction of sp³-hybridized carbons (Fsp3) is 0.240. The minimum Gasteiger partial charge on any atom is -0.478 e. The molecule has 3 aromatic rings. The molecule has 0 aliphatic rings. The summed E-state index contributed by atoms with van der Waals surface area (Å²) in [5, 5.41) is 9.37. The standard InChI is InChI=1S/C25H27NO4S/c1-25(2,3)20-14-16-21(17-15-20)31(29,30)26-23-11-7-5-9-19(23)13-12-18-8-4-6-10-22(18)24(27)28/h4-11,14-17,26H,12-13H2,1-3H3,(H,27,28). The molecule has 2 N–H and O–H groups in total. The van der Waals surface area contributed by atoms with Crippen LogP contribution in [-0.2, 0) is 28.3 Å². The van der Waals surface area contributed by atoms with Crippen molar-refractivity contribution in [3.05, 3.63) is 95.1 Å². The number of anilines is 1. The van der Waals surface area contributed by atoms with Crippen molar-refractivity contribution in [2.45, 2.75) is 43.9 Å². The van der Waals surface area contributed by atoms with Crippen LogP contribution in [0.3, 0.4) is 0 Å². The Morgan fingerprint density at radius 1 is 0.839 bits per heavy atom. The highest BCUT2D eigenvalue weighted by atomic mass is 32.2. The molecule has 3 aromatic carbocycles. The zero-order chi connectivity index (χ0) is 22.6. The molecule has 0 radical (unpaired) electrons. The lowest BCUT2D eigenvalue weighted by Gasteiger charge is -2.19. The molecule has 0 unspecified atom stereocenters. The molecule has 0 saturated heterocycles. The predicted octanol–water partition coefficient (Wildman–Crippen LogP) is 5.27. The highest BCUT2D eigenvalue weighted by molar-refractivity contribution is 7.92. The van der Waals surface area contributed by atoms with Gasteiger partial charge < -0.3 is 5.11 Å². The molecule has 0 bridgehead atoms. The lowest BCUT2D eigenvalue weighted by molar-refractivity contribution is 0.0695. The molecule has 0 saturated carbocycles. The molecule has 0 amide bonds. The summed E-state index contributed by atoms with van der Waals surface area (Å²) < 4.78 is 28.6. The van der Waals surface area contributed by atoms with Gasteiger partial charge in [-0.05, 0) is 59.2 Å². The Kier molecular flexibility index (Phi) is 6.51. The lowest BCUT2D eigenvalue weighted by atomic mass is 9.87. The van der Waals surface area contributed by atoms with Crippen LogP contribution in [0.1, 0.15) is 47.8 Å². The number of nitrogens with one attached hydrogen (secondary N) is 1. The summed E-state index contributed by atoms with van der Waals surface area (Å²) in [6.07, 6.45) is 0.993. The summed E-state index contributed by atoms with van der Waals surface area (Å²) in [4.78, 5) is 11.6. The van der Waals surface area contributed by atoms with E-state index in [-0.39, 0.29) is 15.9 Å². The van der Waals surface area contributed by atoms with E-state index in [1.165, 1.54) is 0 Å². The van der Waals surface area contributed by atoms with Gasteiger partial charge in [0, 0.05) is 0 Å². The van der Waals surface area contributed by atoms with Gasteiger partial charge >= 0.3 is 5.97 Å². The van der Waals surface area contributed by atoms with E-state index in [1.807, 2.05) is 24.3 Å². The van der Waals surface area contributed by atoms with Crippen LogP contribution in [0.5, 0.6) is 0 Å². The highest BCUT2D eigenvalue weighted by Crippen LogP contribution is 2.26. The van der Waals surface area contributed by atoms with Gasteiger partial charge in [0.25, 0.3) is 10.0 Å². The maximum atomic E-state index is 12.9. The third-order valence-corrected chi connectivity index (χ3v) is 6.59. The molecule has 0 atom stereocenters. The van der Waals surface area contributed by atoms with Crippen molar-refractivity contribution in [2.75, 3.05) is 4.72 Å². The second kappa shape index (κ2) is 8.94. The van der Waals surface area contributed by atoms with Crippen molar-refractivity contribution in [3.8, 4) is 0 Å². The number of carboxylic acids is 1. The molecule has 5 nitrogen and oxygen atoms in total. The molecular weight excluding hydrogens is 410 g/mol. The Hall–Kier alpha value is -3.12. The van der Waals surface area contributed by atoms with E-state index < -0.39 is 16.0 Å². The molecule has 0 spiro atoms. The molecule has 3 rings (SSSR count). The number of hydrogen-bond donors (Lipinski definition) is 2. The van der Waals surface area contributed by atoms with Crippen molar-refractivity contribution < 1.29 is 18.3 Å². The highest BCUT2D eigenvalue weighted by Gasteiger charge is 2.19.